The molecule has 0 unspecified atom stereocenters. The number of hydrogen-bond donors (Lipinski definition) is 2. The first kappa shape index (κ1) is 14.1. The Kier molecular flexibility index (Phi) is 4.38. The van der Waals surface area contributed by atoms with Crippen molar-refractivity contribution in [2.45, 2.75) is 0 Å². The van der Waals surface area contributed by atoms with Gasteiger partial charge in [0.1, 0.15) is 0 Å². The van der Waals surface area contributed by atoms with E-state index in [4.69, 9.17) is 11.6 Å². The van der Waals surface area contributed by atoms with Crippen LogP contribution < -0.4 is 10.6 Å². The highest BCUT2D eigenvalue weighted by Crippen LogP contribution is 2.15. The molecular weight excluding hydrogens is 276 g/mol. The average molecular weight is 289 g/mol. The van der Waals surface area contributed by atoms with Crippen molar-refractivity contribution in [3.05, 3.63) is 64.7 Å². The lowest BCUT2D eigenvalue weighted by atomic mass is 10.1. The minimum absolute atomic E-state index is 0.205. The Bertz CT molecular complexity index is 656. The molecule has 2 rings (SSSR count). The van der Waals surface area contributed by atoms with Crippen LogP contribution in [0.2, 0.25) is 5.02 Å². The van der Waals surface area contributed by atoms with Gasteiger partial charge >= 0.3 is 0 Å². The second-order valence-corrected chi connectivity index (χ2v) is 4.56. The third-order valence-corrected chi connectivity index (χ3v) is 2.93. The summed E-state index contributed by atoms with van der Waals surface area (Å²) in [4.78, 5) is 23.6. The van der Waals surface area contributed by atoms with E-state index in [0.29, 0.717) is 21.8 Å². The summed E-state index contributed by atoms with van der Waals surface area (Å²) in [5.74, 6) is -0.481. The maximum absolute atomic E-state index is 12.0. The van der Waals surface area contributed by atoms with Crippen LogP contribution >= 0.6 is 11.6 Å². The Labute approximate surface area is 121 Å². The molecule has 2 aromatic carbocycles. The van der Waals surface area contributed by atoms with Crippen molar-refractivity contribution in [3.63, 3.8) is 0 Å². The summed E-state index contributed by atoms with van der Waals surface area (Å²) in [6.45, 7) is 0. The fourth-order valence-electron chi connectivity index (χ4n) is 1.72. The molecule has 0 spiro atoms. The highest BCUT2D eigenvalue weighted by molar-refractivity contribution is 6.31. The maximum Gasteiger partial charge on any atom is 0.255 e. The van der Waals surface area contributed by atoms with Crippen LogP contribution in [0.25, 0.3) is 0 Å². The number of benzene rings is 2. The number of carbonyl (C=O) groups excluding carboxylic acids is 2. The molecule has 5 heteroatoms. The normalized spacial score (nSPS) is 9.90. The van der Waals surface area contributed by atoms with Crippen molar-refractivity contribution >= 4 is 29.1 Å². The zero-order chi connectivity index (χ0) is 14.5. The van der Waals surface area contributed by atoms with Gasteiger partial charge in [0.15, 0.2) is 0 Å². The Morgan fingerprint density at radius 2 is 1.60 bits per heavy atom. The molecule has 2 aromatic rings. The fraction of sp³-hybridized carbons (Fsp3) is 0.0667. The number of rotatable bonds is 3. The first-order valence-electron chi connectivity index (χ1n) is 5.99. The molecule has 102 valence electrons. The summed E-state index contributed by atoms with van der Waals surface area (Å²) in [7, 11) is 1.56. The van der Waals surface area contributed by atoms with Crippen LogP contribution in [0.4, 0.5) is 5.69 Å². The molecule has 4 nitrogen and oxygen atoms in total. The molecule has 0 bridgehead atoms. The standard InChI is InChI=1S/C15H13ClN2O2/c1-17-14(19)11-5-3-7-13(9-11)18-15(20)10-4-2-6-12(16)8-10/h2-9H,1H3,(H,17,19)(H,18,20). The largest absolute Gasteiger partial charge is 0.355 e. The first-order chi connectivity index (χ1) is 9.60. The lowest BCUT2D eigenvalue weighted by Crippen LogP contribution is -2.18. The van der Waals surface area contributed by atoms with Gasteiger partial charge < -0.3 is 10.6 Å². The van der Waals surface area contributed by atoms with E-state index >= 15 is 0 Å². The van der Waals surface area contributed by atoms with Gasteiger partial charge in [-0.05, 0) is 36.4 Å². The molecule has 0 radical (unpaired) electrons. The smallest absolute Gasteiger partial charge is 0.255 e. The molecule has 0 heterocycles. The molecule has 2 amide bonds. The Hall–Kier alpha value is -2.33. The van der Waals surface area contributed by atoms with Crippen LogP contribution in [-0.2, 0) is 0 Å². The van der Waals surface area contributed by atoms with Crippen molar-refractivity contribution in [2.24, 2.45) is 0 Å². The van der Waals surface area contributed by atoms with Gasteiger partial charge in [-0.25, -0.2) is 0 Å². The van der Waals surface area contributed by atoms with Gasteiger partial charge in [-0.2, -0.15) is 0 Å². The summed E-state index contributed by atoms with van der Waals surface area (Å²) in [5.41, 5.74) is 1.50. The van der Waals surface area contributed by atoms with E-state index in [0.717, 1.165) is 0 Å². The summed E-state index contributed by atoms with van der Waals surface area (Å²) in [6, 6.07) is 13.4. The van der Waals surface area contributed by atoms with Gasteiger partial charge in [-0.3, -0.25) is 9.59 Å². The summed E-state index contributed by atoms with van der Waals surface area (Å²) in [6.07, 6.45) is 0. The third-order valence-electron chi connectivity index (χ3n) is 2.70. The van der Waals surface area contributed by atoms with Crippen molar-refractivity contribution in [1.29, 1.82) is 0 Å². The lowest BCUT2D eigenvalue weighted by molar-refractivity contribution is 0.0961. The second kappa shape index (κ2) is 6.21. The highest BCUT2D eigenvalue weighted by atomic mass is 35.5. The van der Waals surface area contributed by atoms with Crippen LogP contribution in [-0.4, -0.2) is 18.9 Å². The molecule has 0 aromatic heterocycles. The van der Waals surface area contributed by atoms with Gasteiger partial charge in [0.25, 0.3) is 11.8 Å². The summed E-state index contributed by atoms with van der Waals surface area (Å²) < 4.78 is 0. The number of amides is 2. The van der Waals surface area contributed by atoms with Crippen LogP contribution in [0.5, 0.6) is 0 Å². The minimum Gasteiger partial charge on any atom is -0.355 e. The zero-order valence-corrected chi connectivity index (χ0v) is 11.6. The SMILES string of the molecule is CNC(=O)c1cccc(NC(=O)c2cccc(Cl)c2)c1. The average Bonchev–Trinajstić information content (AvgIpc) is 2.46. The molecule has 0 saturated heterocycles. The van der Waals surface area contributed by atoms with Crippen LogP contribution in [0.3, 0.4) is 0 Å². The Morgan fingerprint density at radius 3 is 2.25 bits per heavy atom. The predicted molar refractivity (Wildman–Crippen MR) is 79.2 cm³/mol. The van der Waals surface area contributed by atoms with Crippen molar-refractivity contribution < 1.29 is 9.59 Å². The number of anilines is 1. The second-order valence-electron chi connectivity index (χ2n) is 4.12. The lowest BCUT2D eigenvalue weighted by Gasteiger charge is -2.07. The summed E-state index contributed by atoms with van der Waals surface area (Å²) in [5, 5.41) is 5.76. The molecule has 0 fully saturated rings. The van der Waals surface area contributed by atoms with E-state index in [1.807, 2.05) is 0 Å². The van der Waals surface area contributed by atoms with E-state index in [1.165, 1.54) is 0 Å². The van der Waals surface area contributed by atoms with E-state index in [2.05, 4.69) is 10.6 Å². The molecule has 0 aliphatic carbocycles. The quantitative estimate of drug-likeness (QED) is 0.912. The summed E-state index contributed by atoms with van der Waals surface area (Å²) >= 11 is 5.84. The number of hydrogen-bond acceptors (Lipinski definition) is 2. The fourth-order valence-corrected chi connectivity index (χ4v) is 1.91. The Balaban J connectivity index is 2.18. The van der Waals surface area contributed by atoms with Crippen LogP contribution in [0, 0.1) is 0 Å². The van der Waals surface area contributed by atoms with Crippen LogP contribution in [0.15, 0.2) is 48.5 Å². The monoisotopic (exact) mass is 288 g/mol. The molecular formula is C15H13ClN2O2. The van der Waals surface area contributed by atoms with E-state index in [-0.39, 0.29) is 11.8 Å². The first-order valence-corrected chi connectivity index (χ1v) is 6.37. The molecule has 0 saturated carbocycles. The number of carbonyl (C=O) groups is 2. The van der Waals surface area contributed by atoms with Gasteiger partial charge in [0.2, 0.25) is 0 Å². The van der Waals surface area contributed by atoms with Crippen molar-refractivity contribution in [1.82, 2.24) is 5.32 Å². The zero-order valence-electron chi connectivity index (χ0n) is 10.8. The third kappa shape index (κ3) is 3.36. The van der Waals surface area contributed by atoms with Gasteiger partial charge in [-0.1, -0.05) is 23.7 Å². The van der Waals surface area contributed by atoms with E-state index in [9.17, 15) is 9.59 Å². The molecule has 0 atom stereocenters. The topological polar surface area (TPSA) is 58.2 Å². The Morgan fingerprint density at radius 1 is 0.950 bits per heavy atom. The van der Waals surface area contributed by atoms with E-state index in [1.54, 1.807) is 55.6 Å². The molecule has 0 aliphatic heterocycles. The predicted octanol–water partition coefficient (Wildman–Crippen LogP) is 2.95. The van der Waals surface area contributed by atoms with Gasteiger partial charge in [0, 0.05) is 28.9 Å². The molecule has 0 aliphatic rings. The maximum atomic E-state index is 12.0. The van der Waals surface area contributed by atoms with Gasteiger partial charge in [-0.15, -0.1) is 0 Å². The molecule has 2 N–H and O–H groups in total. The molecule has 20 heavy (non-hydrogen) atoms. The van der Waals surface area contributed by atoms with E-state index < -0.39 is 0 Å². The highest BCUT2D eigenvalue weighted by Gasteiger charge is 2.08. The minimum atomic E-state index is -0.276. The number of halogens is 1. The van der Waals surface area contributed by atoms with Crippen LogP contribution in [0.1, 0.15) is 20.7 Å². The van der Waals surface area contributed by atoms with Gasteiger partial charge in [0.05, 0.1) is 0 Å². The number of nitrogens with one attached hydrogen (secondary N) is 2. The van der Waals surface area contributed by atoms with Crippen molar-refractivity contribution in [3.8, 4) is 0 Å². The van der Waals surface area contributed by atoms with Crippen molar-refractivity contribution in [2.75, 3.05) is 12.4 Å².